The Kier molecular flexibility index (Phi) is 3.91. The van der Waals surface area contributed by atoms with Crippen LogP contribution in [0.2, 0.25) is 5.02 Å². The van der Waals surface area contributed by atoms with Crippen LogP contribution < -0.4 is 10.6 Å². The van der Waals surface area contributed by atoms with Crippen LogP contribution in [-0.4, -0.2) is 20.1 Å². The first kappa shape index (κ1) is 9.36. The standard InChI is InChI=1S/C9H13ClN2/c1-11-6-7-12-9-5-3-2-4-8(9)10/h2-5,11-12H,6-7H2,1H3. The Bertz CT molecular complexity index is 238. The van der Waals surface area contributed by atoms with Crippen LogP contribution >= 0.6 is 11.6 Å². The smallest absolute Gasteiger partial charge is 0.0637 e. The molecule has 0 aliphatic rings. The molecule has 1 aromatic rings. The molecule has 0 bridgehead atoms. The minimum Gasteiger partial charge on any atom is -0.383 e. The van der Waals surface area contributed by atoms with Gasteiger partial charge in [0.05, 0.1) is 10.7 Å². The molecule has 3 heteroatoms. The summed E-state index contributed by atoms with van der Waals surface area (Å²) < 4.78 is 0. The van der Waals surface area contributed by atoms with Gasteiger partial charge >= 0.3 is 0 Å². The second kappa shape index (κ2) is 5.01. The molecule has 0 fully saturated rings. The molecule has 0 heterocycles. The number of rotatable bonds is 4. The molecule has 12 heavy (non-hydrogen) atoms. The zero-order valence-corrected chi connectivity index (χ0v) is 7.86. The highest BCUT2D eigenvalue weighted by Gasteiger charge is 1.95. The second-order valence-electron chi connectivity index (χ2n) is 2.51. The van der Waals surface area contributed by atoms with E-state index < -0.39 is 0 Å². The fraction of sp³-hybridized carbons (Fsp3) is 0.333. The molecule has 0 saturated heterocycles. The molecule has 2 nitrogen and oxygen atoms in total. The highest BCUT2D eigenvalue weighted by molar-refractivity contribution is 6.33. The van der Waals surface area contributed by atoms with Crippen molar-refractivity contribution in [2.45, 2.75) is 0 Å². The normalized spacial score (nSPS) is 9.83. The summed E-state index contributed by atoms with van der Waals surface area (Å²) in [6.45, 7) is 1.82. The van der Waals surface area contributed by atoms with Gasteiger partial charge in [-0.25, -0.2) is 0 Å². The number of benzene rings is 1. The van der Waals surface area contributed by atoms with Crippen molar-refractivity contribution in [1.82, 2.24) is 5.32 Å². The number of nitrogens with one attached hydrogen (secondary N) is 2. The Morgan fingerprint density at radius 1 is 1.25 bits per heavy atom. The van der Waals surface area contributed by atoms with Gasteiger partial charge in [-0.05, 0) is 19.2 Å². The van der Waals surface area contributed by atoms with E-state index in [2.05, 4.69) is 10.6 Å². The van der Waals surface area contributed by atoms with Crippen molar-refractivity contribution in [2.24, 2.45) is 0 Å². The molecule has 0 unspecified atom stereocenters. The average Bonchev–Trinajstić information content (AvgIpc) is 2.09. The predicted octanol–water partition coefficient (Wildman–Crippen LogP) is 1.97. The van der Waals surface area contributed by atoms with Gasteiger partial charge in [-0.1, -0.05) is 23.7 Å². The first-order chi connectivity index (χ1) is 5.84. The van der Waals surface area contributed by atoms with Crippen LogP contribution in [0.3, 0.4) is 0 Å². The van der Waals surface area contributed by atoms with Crippen molar-refractivity contribution in [2.75, 3.05) is 25.5 Å². The van der Waals surface area contributed by atoms with E-state index in [1.807, 2.05) is 31.3 Å². The average molecular weight is 185 g/mol. The Hall–Kier alpha value is -0.730. The van der Waals surface area contributed by atoms with E-state index >= 15 is 0 Å². The lowest BCUT2D eigenvalue weighted by Gasteiger charge is -2.06. The maximum absolute atomic E-state index is 5.92. The maximum Gasteiger partial charge on any atom is 0.0637 e. The molecule has 0 amide bonds. The monoisotopic (exact) mass is 184 g/mol. The Labute approximate surface area is 77.9 Å². The molecule has 0 saturated carbocycles. The number of para-hydroxylation sites is 1. The first-order valence-electron chi connectivity index (χ1n) is 3.97. The molecular formula is C9H13ClN2. The third-order valence-corrected chi connectivity index (χ3v) is 1.89. The minimum atomic E-state index is 0.772. The van der Waals surface area contributed by atoms with E-state index in [9.17, 15) is 0 Å². The van der Waals surface area contributed by atoms with E-state index in [0.29, 0.717) is 0 Å². The summed E-state index contributed by atoms with van der Waals surface area (Å²) in [4.78, 5) is 0. The van der Waals surface area contributed by atoms with Gasteiger partial charge in [0, 0.05) is 13.1 Å². The van der Waals surface area contributed by atoms with Gasteiger partial charge in [0.25, 0.3) is 0 Å². The van der Waals surface area contributed by atoms with Crippen molar-refractivity contribution in [3.05, 3.63) is 29.3 Å². The quantitative estimate of drug-likeness (QED) is 0.700. The van der Waals surface area contributed by atoms with Gasteiger partial charge < -0.3 is 10.6 Å². The van der Waals surface area contributed by atoms with Crippen LogP contribution in [0.15, 0.2) is 24.3 Å². The van der Waals surface area contributed by atoms with Crippen LogP contribution in [-0.2, 0) is 0 Å². The summed E-state index contributed by atoms with van der Waals surface area (Å²) in [6.07, 6.45) is 0. The summed E-state index contributed by atoms with van der Waals surface area (Å²) in [6, 6.07) is 7.74. The van der Waals surface area contributed by atoms with Gasteiger partial charge in [-0.15, -0.1) is 0 Å². The van der Waals surface area contributed by atoms with Crippen LogP contribution in [0.5, 0.6) is 0 Å². The van der Waals surface area contributed by atoms with Crippen molar-refractivity contribution in [1.29, 1.82) is 0 Å². The summed E-state index contributed by atoms with van der Waals surface area (Å²) >= 11 is 5.92. The third kappa shape index (κ3) is 2.72. The highest BCUT2D eigenvalue weighted by atomic mass is 35.5. The number of halogens is 1. The molecule has 2 N–H and O–H groups in total. The molecule has 1 rings (SSSR count). The molecule has 0 aliphatic carbocycles. The van der Waals surface area contributed by atoms with E-state index in [-0.39, 0.29) is 0 Å². The zero-order valence-electron chi connectivity index (χ0n) is 7.10. The largest absolute Gasteiger partial charge is 0.383 e. The molecule has 66 valence electrons. The fourth-order valence-electron chi connectivity index (χ4n) is 0.927. The van der Waals surface area contributed by atoms with Crippen molar-refractivity contribution < 1.29 is 0 Å². The topological polar surface area (TPSA) is 24.1 Å². The van der Waals surface area contributed by atoms with Gasteiger partial charge in [-0.3, -0.25) is 0 Å². The molecule has 1 aromatic carbocycles. The number of hydrogen-bond donors (Lipinski definition) is 2. The predicted molar refractivity (Wildman–Crippen MR) is 53.9 cm³/mol. The van der Waals surface area contributed by atoms with Crippen LogP contribution in [0.4, 0.5) is 5.69 Å². The molecule has 0 spiro atoms. The van der Waals surface area contributed by atoms with Crippen LogP contribution in [0.25, 0.3) is 0 Å². The minimum absolute atomic E-state index is 0.772. The first-order valence-corrected chi connectivity index (χ1v) is 4.35. The van der Waals surface area contributed by atoms with Gasteiger partial charge in [0.15, 0.2) is 0 Å². The summed E-state index contributed by atoms with van der Waals surface area (Å²) in [7, 11) is 1.92. The van der Waals surface area contributed by atoms with Gasteiger partial charge in [0.1, 0.15) is 0 Å². The Balaban J connectivity index is 2.46. The molecular weight excluding hydrogens is 172 g/mol. The maximum atomic E-state index is 5.92. The fourth-order valence-corrected chi connectivity index (χ4v) is 1.13. The van der Waals surface area contributed by atoms with E-state index in [0.717, 1.165) is 23.8 Å². The molecule has 0 radical (unpaired) electrons. The van der Waals surface area contributed by atoms with Crippen molar-refractivity contribution in [3.63, 3.8) is 0 Å². The molecule has 0 aromatic heterocycles. The van der Waals surface area contributed by atoms with Crippen LogP contribution in [0, 0.1) is 0 Å². The third-order valence-electron chi connectivity index (χ3n) is 1.56. The lowest BCUT2D eigenvalue weighted by atomic mass is 10.3. The van der Waals surface area contributed by atoms with Crippen LogP contribution in [0.1, 0.15) is 0 Å². The van der Waals surface area contributed by atoms with Gasteiger partial charge in [0.2, 0.25) is 0 Å². The SMILES string of the molecule is CNCCNc1ccccc1Cl. The van der Waals surface area contributed by atoms with Crippen molar-refractivity contribution in [3.8, 4) is 0 Å². The summed E-state index contributed by atoms with van der Waals surface area (Å²) in [5.41, 5.74) is 0.995. The Morgan fingerprint density at radius 2 is 2.00 bits per heavy atom. The lowest BCUT2D eigenvalue weighted by Crippen LogP contribution is -2.17. The summed E-state index contributed by atoms with van der Waals surface area (Å²) in [5, 5.41) is 7.04. The zero-order chi connectivity index (χ0) is 8.81. The van der Waals surface area contributed by atoms with E-state index in [4.69, 9.17) is 11.6 Å². The van der Waals surface area contributed by atoms with E-state index in [1.54, 1.807) is 0 Å². The molecule has 0 atom stereocenters. The lowest BCUT2D eigenvalue weighted by molar-refractivity contribution is 0.824. The number of hydrogen-bond acceptors (Lipinski definition) is 2. The van der Waals surface area contributed by atoms with Crippen molar-refractivity contribution >= 4 is 17.3 Å². The second-order valence-corrected chi connectivity index (χ2v) is 2.92. The van der Waals surface area contributed by atoms with E-state index in [1.165, 1.54) is 0 Å². The van der Waals surface area contributed by atoms with Gasteiger partial charge in [-0.2, -0.15) is 0 Å². The number of anilines is 1. The molecule has 0 aliphatic heterocycles. The number of likely N-dealkylation sites (N-methyl/N-ethyl adjacent to an activating group) is 1. The Morgan fingerprint density at radius 3 is 2.67 bits per heavy atom. The summed E-state index contributed by atoms with van der Waals surface area (Å²) in [5.74, 6) is 0. The highest BCUT2D eigenvalue weighted by Crippen LogP contribution is 2.19.